The molecular weight excluding hydrogens is 594 g/mol. The molecule has 3 N–H and O–H groups in total. The number of anilines is 2. The van der Waals surface area contributed by atoms with Crippen LogP contribution in [0.1, 0.15) is 87.4 Å². The van der Waals surface area contributed by atoms with Gasteiger partial charge in [-0.05, 0) is 75.4 Å². The third-order valence-corrected chi connectivity index (χ3v) is 9.53. The Hall–Kier alpha value is -4.26. The zero-order chi connectivity index (χ0) is 32.6. The van der Waals surface area contributed by atoms with Crippen molar-refractivity contribution in [1.82, 2.24) is 25.0 Å². The monoisotopic (exact) mass is 635 g/mol. The highest BCUT2D eigenvalue weighted by molar-refractivity contribution is 7.90. The second-order valence-electron chi connectivity index (χ2n) is 13.3. The summed E-state index contributed by atoms with van der Waals surface area (Å²) in [5.41, 5.74) is 1.75. The van der Waals surface area contributed by atoms with E-state index in [4.69, 9.17) is 9.97 Å². The van der Waals surface area contributed by atoms with E-state index >= 15 is 0 Å². The molecule has 0 unspecified atom stereocenters. The third kappa shape index (κ3) is 7.19. The zero-order valence-electron chi connectivity index (χ0n) is 26.5. The van der Waals surface area contributed by atoms with Crippen molar-refractivity contribution in [3.63, 3.8) is 0 Å². The highest BCUT2D eigenvalue weighted by atomic mass is 32.2. The maximum Gasteiger partial charge on any atom is 0.407 e. The van der Waals surface area contributed by atoms with Gasteiger partial charge in [-0.1, -0.05) is 32.9 Å². The number of sulfonamides is 1. The first-order valence-corrected chi connectivity index (χ1v) is 16.5. The molecule has 13 heteroatoms. The van der Waals surface area contributed by atoms with Crippen molar-refractivity contribution >= 4 is 33.7 Å². The number of carbonyl (C=O) groups is 2. The molecule has 240 valence electrons. The van der Waals surface area contributed by atoms with E-state index in [1.165, 1.54) is 13.2 Å². The van der Waals surface area contributed by atoms with E-state index in [2.05, 4.69) is 64.6 Å². The molecule has 0 spiro atoms. The van der Waals surface area contributed by atoms with Gasteiger partial charge in [0, 0.05) is 23.2 Å². The van der Waals surface area contributed by atoms with E-state index in [0.29, 0.717) is 30.3 Å². The van der Waals surface area contributed by atoms with Crippen molar-refractivity contribution in [2.75, 3.05) is 23.9 Å². The molecule has 5 heterocycles. The third-order valence-electron chi connectivity index (χ3n) is 8.30. The Labute approximate surface area is 264 Å². The van der Waals surface area contributed by atoms with Crippen LogP contribution in [0.4, 0.5) is 16.4 Å². The predicted octanol–water partition coefficient (Wildman–Crippen LogP) is 4.70. The first-order valence-electron chi connectivity index (χ1n) is 15.0. The highest BCUT2D eigenvalue weighted by Gasteiger charge is 2.41. The van der Waals surface area contributed by atoms with Crippen LogP contribution >= 0.6 is 0 Å². The van der Waals surface area contributed by atoms with Gasteiger partial charge in [-0.15, -0.1) is 0 Å². The van der Waals surface area contributed by atoms with E-state index in [1.54, 1.807) is 24.3 Å². The van der Waals surface area contributed by atoms with Gasteiger partial charge in [0.1, 0.15) is 11.6 Å². The second-order valence-corrected chi connectivity index (χ2v) is 14.9. The number of ether oxygens (including phenoxy) is 1. The van der Waals surface area contributed by atoms with Crippen LogP contribution in [0.15, 0.2) is 53.6 Å². The molecule has 0 aliphatic carbocycles. The fourth-order valence-corrected chi connectivity index (χ4v) is 6.91. The molecular formula is C32H41N7O5S. The van der Waals surface area contributed by atoms with Crippen LogP contribution in [0.25, 0.3) is 0 Å². The second kappa shape index (κ2) is 12.3. The topological polar surface area (TPSA) is 156 Å². The summed E-state index contributed by atoms with van der Waals surface area (Å²) in [7, 11) is -3.02. The van der Waals surface area contributed by atoms with Crippen molar-refractivity contribution in [2.45, 2.75) is 82.4 Å². The molecule has 45 heavy (non-hydrogen) atoms. The number of nitrogens with one attached hydrogen (secondary N) is 3. The SMILES string of the molecule is COC(=O)NCc1cccc([C@H]2CC[C@@H]3CN(c4nc(C(C)(C)C)ccc4C(=O)NS(=O)(=O)c4cccc(n4)N2)C(C)(C)C3)n1. The number of hydrogen-bond acceptors (Lipinski definition) is 10. The van der Waals surface area contributed by atoms with Gasteiger partial charge in [0.25, 0.3) is 15.9 Å². The Balaban J connectivity index is 1.57. The molecule has 1 fully saturated rings. The van der Waals surface area contributed by atoms with E-state index in [1.807, 2.05) is 18.2 Å². The Morgan fingerprint density at radius 1 is 1.07 bits per heavy atom. The van der Waals surface area contributed by atoms with Gasteiger partial charge in [0.05, 0.1) is 36.6 Å². The van der Waals surface area contributed by atoms with Gasteiger partial charge in [-0.3, -0.25) is 9.78 Å². The van der Waals surface area contributed by atoms with Crippen LogP contribution in [-0.2, 0) is 26.7 Å². The van der Waals surface area contributed by atoms with Gasteiger partial charge in [0.2, 0.25) is 0 Å². The van der Waals surface area contributed by atoms with Gasteiger partial charge in [0.15, 0.2) is 5.03 Å². The molecule has 0 saturated carbocycles. The molecule has 4 bridgehead atoms. The molecule has 1 saturated heterocycles. The molecule has 0 aromatic carbocycles. The van der Waals surface area contributed by atoms with Crippen LogP contribution in [-0.4, -0.2) is 54.6 Å². The number of carbonyl (C=O) groups excluding carboxylic acids is 2. The number of hydrogen-bond donors (Lipinski definition) is 3. The minimum Gasteiger partial charge on any atom is -0.453 e. The molecule has 2 atom stereocenters. The lowest BCUT2D eigenvalue weighted by molar-refractivity contribution is 0.0981. The molecule has 2 aliphatic heterocycles. The van der Waals surface area contributed by atoms with Crippen LogP contribution in [0.2, 0.25) is 0 Å². The summed E-state index contributed by atoms with van der Waals surface area (Å²) in [6.45, 7) is 11.3. The number of methoxy groups -OCH3 is 1. The highest BCUT2D eigenvalue weighted by Crippen LogP contribution is 2.41. The Morgan fingerprint density at radius 2 is 1.82 bits per heavy atom. The lowest BCUT2D eigenvalue weighted by Crippen LogP contribution is -2.41. The summed E-state index contributed by atoms with van der Waals surface area (Å²) in [5, 5.41) is 5.75. The lowest BCUT2D eigenvalue weighted by Gasteiger charge is -2.34. The van der Waals surface area contributed by atoms with Crippen molar-refractivity contribution in [1.29, 1.82) is 0 Å². The van der Waals surface area contributed by atoms with Crippen molar-refractivity contribution in [3.05, 3.63) is 71.2 Å². The quantitative estimate of drug-likeness (QED) is 0.369. The predicted molar refractivity (Wildman–Crippen MR) is 170 cm³/mol. The molecule has 3 aromatic rings. The van der Waals surface area contributed by atoms with Gasteiger partial charge in [-0.2, -0.15) is 8.42 Å². The Morgan fingerprint density at radius 3 is 2.56 bits per heavy atom. The number of amides is 2. The van der Waals surface area contributed by atoms with Crippen molar-refractivity contribution < 1.29 is 22.7 Å². The Bertz CT molecular complexity index is 1700. The van der Waals surface area contributed by atoms with Gasteiger partial charge < -0.3 is 20.3 Å². The molecule has 12 nitrogen and oxygen atoms in total. The zero-order valence-corrected chi connectivity index (χ0v) is 27.4. The van der Waals surface area contributed by atoms with Crippen LogP contribution in [0.5, 0.6) is 0 Å². The molecule has 0 radical (unpaired) electrons. The average Bonchev–Trinajstić information content (AvgIpc) is 3.30. The summed E-state index contributed by atoms with van der Waals surface area (Å²) in [4.78, 5) is 41.6. The lowest BCUT2D eigenvalue weighted by atomic mass is 9.90. The summed E-state index contributed by atoms with van der Waals surface area (Å²) in [6, 6.07) is 13.3. The summed E-state index contributed by atoms with van der Waals surface area (Å²) in [5.74, 6) is 0.307. The summed E-state index contributed by atoms with van der Waals surface area (Å²) >= 11 is 0. The smallest absolute Gasteiger partial charge is 0.407 e. The van der Waals surface area contributed by atoms with Crippen molar-refractivity contribution in [3.8, 4) is 0 Å². The number of pyridine rings is 3. The standard InChI is InChI=1S/C32H41N7O5S/c1-31(2,3)25-16-14-22-28(36-25)39-19-20(17-32(39,4)5)13-15-24(23-10-7-9-21(34-23)18-33-30(41)44-6)35-26-11-8-12-27(37-26)45(42,43)38-29(22)40/h7-12,14,16,20,24H,13,15,17-19H2,1-6H3,(H,33,41)(H,35,37)(H,38,40)/t20-,24+/m0/s1. The van der Waals surface area contributed by atoms with E-state index in [9.17, 15) is 18.0 Å². The largest absolute Gasteiger partial charge is 0.453 e. The fourth-order valence-electron chi connectivity index (χ4n) is 5.98. The number of aromatic nitrogens is 3. The van der Waals surface area contributed by atoms with Gasteiger partial charge >= 0.3 is 6.09 Å². The van der Waals surface area contributed by atoms with E-state index in [0.717, 1.165) is 24.2 Å². The Kier molecular flexibility index (Phi) is 8.76. The van der Waals surface area contributed by atoms with Crippen molar-refractivity contribution in [2.24, 2.45) is 5.92 Å². The maximum absolute atomic E-state index is 13.6. The van der Waals surface area contributed by atoms with Crippen LogP contribution < -0.4 is 20.3 Å². The average molecular weight is 636 g/mol. The molecule has 3 aromatic heterocycles. The first-order chi connectivity index (χ1) is 21.2. The van der Waals surface area contributed by atoms with E-state index in [-0.39, 0.29) is 40.0 Å². The molecule has 2 aliphatic rings. The van der Waals surface area contributed by atoms with Crippen LogP contribution in [0.3, 0.4) is 0 Å². The fraction of sp³-hybridized carbons (Fsp3) is 0.469. The normalized spacial score (nSPS) is 20.9. The summed E-state index contributed by atoms with van der Waals surface area (Å²) in [6.07, 6.45) is 1.79. The summed E-state index contributed by atoms with van der Waals surface area (Å²) < 4.78 is 33.9. The number of nitrogens with zero attached hydrogens (tertiary/aromatic N) is 4. The molecule has 5 rings (SSSR count). The number of fused-ring (bicyclic) bond motifs is 6. The van der Waals surface area contributed by atoms with Gasteiger partial charge in [-0.25, -0.2) is 19.5 Å². The minimum atomic E-state index is -4.32. The number of rotatable bonds is 3. The van der Waals surface area contributed by atoms with Crippen LogP contribution in [0, 0.1) is 5.92 Å². The first kappa shape index (κ1) is 32.1. The maximum atomic E-state index is 13.6. The minimum absolute atomic E-state index is 0.188. The molecule has 2 amide bonds. The van der Waals surface area contributed by atoms with E-state index < -0.39 is 22.0 Å². The number of alkyl carbamates (subject to hydrolysis) is 1.